The van der Waals surface area contributed by atoms with E-state index in [9.17, 15) is 9.90 Å². The molecule has 0 bridgehead atoms. The molecule has 0 radical (unpaired) electrons. The van der Waals surface area contributed by atoms with Crippen LogP contribution in [0.1, 0.15) is 33.6 Å². The molecule has 16 heavy (non-hydrogen) atoms. The number of aliphatic hydroxyl groups is 1. The van der Waals surface area contributed by atoms with Gasteiger partial charge in [0, 0.05) is 32.1 Å². The number of nitrogens with zero attached hydrogens (tertiary/aromatic N) is 1. The third-order valence-electron chi connectivity index (χ3n) is 3.05. The number of carbonyl (C=O) groups is 1. The summed E-state index contributed by atoms with van der Waals surface area (Å²) in [5.41, 5.74) is 0. The molecule has 2 atom stereocenters. The minimum Gasteiger partial charge on any atom is -0.393 e. The second kappa shape index (κ2) is 6.21. The van der Waals surface area contributed by atoms with Crippen molar-refractivity contribution in [2.45, 2.75) is 45.8 Å². The van der Waals surface area contributed by atoms with E-state index >= 15 is 0 Å². The Morgan fingerprint density at radius 2 is 2.25 bits per heavy atom. The van der Waals surface area contributed by atoms with E-state index in [0.29, 0.717) is 12.3 Å². The lowest BCUT2D eigenvalue weighted by molar-refractivity contribution is -0.122. The molecule has 4 nitrogen and oxygen atoms in total. The average molecular weight is 228 g/mol. The highest BCUT2D eigenvalue weighted by atomic mass is 16.3. The van der Waals surface area contributed by atoms with Gasteiger partial charge in [0.15, 0.2) is 0 Å². The van der Waals surface area contributed by atoms with E-state index in [-0.39, 0.29) is 18.1 Å². The van der Waals surface area contributed by atoms with Gasteiger partial charge in [0.1, 0.15) is 0 Å². The fourth-order valence-corrected chi connectivity index (χ4v) is 2.08. The summed E-state index contributed by atoms with van der Waals surface area (Å²) in [7, 11) is 0. The molecule has 0 aromatic heterocycles. The highest BCUT2D eigenvalue weighted by molar-refractivity contribution is 5.76. The van der Waals surface area contributed by atoms with Crippen molar-refractivity contribution >= 4 is 5.91 Å². The summed E-state index contributed by atoms with van der Waals surface area (Å²) in [4.78, 5) is 13.7. The summed E-state index contributed by atoms with van der Waals surface area (Å²) in [6.07, 6.45) is 1.22. The fourth-order valence-electron chi connectivity index (χ4n) is 2.08. The van der Waals surface area contributed by atoms with Crippen LogP contribution in [0.15, 0.2) is 0 Å². The van der Waals surface area contributed by atoms with Crippen molar-refractivity contribution < 1.29 is 9.90 Å². The largest absolute Gasteiger partial charge is 0.393 e. The molecular formula is C12H24N2O2. The van der Waals surface area contributed by atoms with Crippen LogP contribution in [0.5, 0.6) is 0 Å². The maximum Gasteiger partial charge on any atom is 0.221 e. The number of rotatable bonds is 4. The van der Waals surface area contributed by atoms with Gasteiger partial charge in [0.25, 0.3) is 0 Å². The molecule has 1 heterocycles. The van der Waals surface area contributed by atoms with Crippen LogP contribution in [0.3, 0.4) is 0 Å². The minimum atomic E-state index is -0.166. The van der Waals surface area contributed by atoms with Gasteiger partial charge in [-0.05, 0) is 26.2 Å². The molecule has 0 saturated carbocycles. The zero-order valence-corrected chi connectivity index (χ0v) is 10.6. The van der Waals surface area contributed by atoms with Crippen LogP contribution in [-0.4, -0.2) is 47.7 Å². The summed E-state index contributed by atoms with van der Waals surface area (Å²) >= 11 is 0. The van der Waals surface area contributed by atoms with Gasteiger partial charge in [-0.2, -0.15) is 0 Å². The zero-order valence-electron chi connectivity index (χ0n) is 10.6. The Morgan fingerprint density at radius 1 is 1.56 bits per heavy atom. The summed E-state index contributed by atoms with van der Waals surface area (Å²) in [5.74, 6) is 0.440. The van der Waals surface area contributed by atoms with E-state index < -0.39 is 0 Å². The van der Waals surface area contributed by atoms with Gasteiger partial charge >= 0.3 is 0 Å². The Balaban J connectivity index is 2.20. The first-order valence-electron chi connectivity index (χ1n) is 6.19. The van der Waals surface area contributed by atoms with Gasteiger partial charge in [0.05, 0.1) is 6.10 Å². The van der Waals surface area contributed by atoms with E-state index in [0.717, 1.165) is 26.1 Å². The molecule has 2 N–H and O–H groups in total. The molecule has 1 saturated heterocycles. The Bertz CT molecular complexity index is 231. The molecular weight excluding hydrogens is 204 g/mol. The number of piperidine rings is 1. The van der Waals surface area contributed by atoms with E-state index in [1.807, 2.05) is 13.8 Å². The van der Waals surface area contributed by atoms with Gasteiger partial charge in [-0.15, -0.1) is 0 Å². The maximum absolute atomic E-state index is 11.5. The van der Waals surface area contributed by atoms with Gasteiger partial charge in [-0.1, -0.05) is 6.92 Å². The lowest BCUT2D eigenvalue weighted by Gasteiger charge is -2.34. The quantitative estimate of drug-likeness (QED) is 0.741. The van der Waals surface area contributed by atoms with E-state index in [1.54, 1.807) is 0 Å². The molecule has 1 aliphatic heterocycles. The lowest BCUT2D eigenvalue weighted by atomic mass is 9.97. The van der Waals surface area contributed by atoms with Crippen molar-refractivity contribution in [3.63, 3.8) is 0 Å². The van der Waals surface area contributed by atoms with Crippen LogP contribution in [0, 0.1) is 5.92 Å². The molecule has 4 heteroatoms. The second-order valence-electron chi connectivity index (χ2n) is 5.11. The van der Waals surface area contributed by atoms with E-state index in [1.165, 1.54) is 0 Å². The Morgan fingerprint density at radius 3 is 2.81 bits per heavy atom. The molecule has 0 aromatic rings. The van der Waals surface area contributed by atoms with Crippen molar-refractivity contribution in [1.82, 2.24) is 10.2 Å². The molecule has 0 aliphatic carbocycles. The molecule has 1 amide bonds. The Labute approximate surface area is 98.0 Å². The van der Waals surface area contributed by atoms with E-state index in [4.69, 9.17) is 0 Å². The number of aliphatic hydroxyl groups excluding tert-OH is 1. The molecule has 1 rings (SSSR count). The number of hydrogen-bond acceptors (Lipinski definition) is 3. The normalized spacial score (nSPS) is 27.1. The predicted octanol–water partition coefficient (Wildman–Crippen LogP) is 0.604. The molecule has 2 unspecified atom stereocenters. The van der Waals surface area contributed by atoms with Crippen LogP contribution in [0.2, 0.25) is 0 Å². The van der Waals surface area contributed by atoms with Crippen LogP contribution in [0.4, 0.5) is 0 Å². The number of carbonyl (C=O) groups excluding carboxylic acids is 1. The van der Waals surface area contributed by atoms with Crippen molar-refractivity contribution in [1.29, 1.82) is 0 Å². The van der Waals surface area contributed by atoms with E-state index in [2.05, 4.69) is 17.1 Å². The number of hydrogen-bond donors (Lipinski definition) is 2. The topological polar surface area (TPSA) is 52.6 Å². The van der Waals surface area contributed by atoms with Gasteiger partial charge < -0.3 is 15.3 Å². The minimum absolute atomic E-state index is 0.119. The highest BCUT2D eigenvalue weighted by Crippen LogP contribution is 2.16. The SMILES string of the molecule is CC(C)NC(=O)CCN1CCC(O)C(C)C1. The standard InChI is InChI=1S/C12H24N2O2/c1-9(2)13-12(16)5-7-14-6-4-11(15)10(3)8-14/h9-11,15H,4-8H2,1-3H3,(H,13,16). The predicted molar refractivity (Wildman–Crippen MR) is 64.1 cm³/mol. The first-order valence-corrected chi connectivity index (χ1v) is 6.19. The van der Waals surface area contributed by atoms with Crippen molar-refractivity contribution in [2.75, 3.05) is 19.6 Å². The molecule has 0 spiro atoms. The maximum atomic E-state index is 11.5. The van der Waals surface area contributed by atoms with Gasteiger partial charge in [-0.3, -0.25) is 4.79 Å². The summed E-state index contributed by atoms with van der Waals surface area (Å²) in [6, 6.07) is 0.217. The Kier molecular flexibility index (Phi) is 5.22. The first kappa shape index (κ1) is 13.5. The third-order valence-corrected chi connectivity index (χ3v) is 3.05. The van der Waals surface area contributed by atoms with Crippen LogP contribution >= 0.6 is 0 Å². The molecule has 1 aliphatic rings. The number of nitrogens with one attached hydrogen (secondary N) is 1. The monoisotopic (exact) mass is 228 g/mol. The highest BCUT2D eigenvalue weighted by Gasteiger charge is 2.24. The third kappa shape index (κ3) is 4.49. The Hall–Kier alpha value is -0.610. The van der Waals surface area contributed by atoms with Gasteiger partial charge in [0.2, 0.25) is 5.91 Å². The summed E-state index contributed by atoms with van der Waals surface area (Å²) in [5, 5.41) is 12.5. The van der Waals surface area contributed by atoms with Crippen molar-refractivity contribution in [2.24, 2.45) is 5.92 Å². The van der Waals surface area contributed by atoms with Gasteiger partial charge in [-0.25, -0.2) is 0 Å². The lowest BCUT2D eigenvalue weighted by Crippen LogP contribution is -2.43. The van der Waals surface area contributed by atoms with Crippen LogP contribution < -0.4 is 5.32 Å². The van der Waals surface area contributed by atoms with Crippen LogP contribution in [-0.2, 0) is 4.79 Å². The number of likely N-dealkylation sites (tertiary alicyclic amines) is 1. The second-order valence-corrected chi connectivity index (χ2v) is 5.11. The van der Waals surface area contributed by atoms with Crippen LogP contribution in [0.25, 0.3) is 0 Å². The molecule has 94 valence electrons. The number of amides is 1. The van der Waals surface area contributed by atoms with Crippen molar-refractivity contribution in [3.8, 4) is 0 Å². The first-order chi connectivity index (χ1) is 7.49. The summed E-state index contributed by atoms with van der Waals surface area (Å²) in [6.45, 7) is 8.60. The molecule has 1 fully saturated rings. The average Bonchev–Trinajstić information content (AvgIpc) is 2.19. The fraction of sp³-hybridized carbons (Fsp3) is 0.917. The zero-order chi connectivity index (χ0) is 12.1. The molecule has 0 aromatic carbocycles. The summed E-state index contributed by atoms with van der Waals surface area (Å²) < 4.78 is 0. The van der Waals surface area contributed by atoms with Crippen molar-refractivity contribution in [3.05, 3.63) is 0 Å². The smallest absolute Gasteiger partial charge is 0.221 e.